The van der Waals surface area contributed by atoms with Gasteiger partial charge in [-0.1, -0.05) is 19.4 Å². The molecule has 0 bridgehead atoms. The molecule has 0 unspecified atom stereocenters. The van der Waals surface area contributed by atoms with E-state index in [1.165, 1.54) is 0 Å². The Morgan fingerprint density at radius 3 is 1.94 bits per heavy atom. The molecule has 0 aliphatic heterocycles. The van der Waals surface area contributed by atoms with Crippen molar-refractivity contribution in [3.8, 4) is 0 Å². The van der Waals surface area contributed by atoms with Crippen LogP contribution >= 0.6 is 0 Å². The molecular weight excluding hydrogens is 214 g/mol. The van der Waals surface area contributed by atoms with Crippen LogP contribution in [0.5, 0.6) is 0 Å². The maximum Gasteiger partial charge on any atom is 0.333 e. The van der Waals surface area contributed by atoms with Gasteiger partial charge in [0.15, 0.2) is 0 Å². The molecule has 3 heteroatoms. The summed E-state index contributed by atoms with van der Waals surface area (Å²) in [5.41, 5.74) is 1.75. The molecule has 0 saturated heterocycles. The minimum Gasteiger partial charge on any atom is -0.461 e. The van der Waals surface area contributed by atoms with Crippen molar-refractivity contribution in [2.75, 3.05) is 26.2 Å². The van der Waals surface area contributed by atoms with Crippen molar-refractivity contribution >= 4 is 5.97 Å². The monoisotopic (exact) mass is 241 g/mol. The van der Waals surface area contributed by atoms with Crippen LogP contribution in [0.25, 0.3) is 0 Å². The lowest BCUT2D eigenvalue weighted by molar-refractivity contribution is -0.139. The van der Waals surface area contributed by atoms with E-state index in [1.54, 1.807) is 0 Å². The first-order chi connectivity index (χ1) is 8.02. The summed E-state index contributed by atoms with van der Waals surface area (Å²) in [6, 6.07) is 0. The average Bonchev–Trinajstić information content (AvgIpc) is 2.28. The molecule has 100 valence electrons. The molecule has 0 heterocycles. The minimum absolute atomic E-state index is 0.182. The highest BCUT2D eigenvalue weighted by molar-refractivity contribution is 5.88. The van der Waals surface area contributed by atoms with Gasteiger partial charge in [0.1, 0.15) is 6.61 Å². The summed E-state index contributed by atoms with van der Waals surface area (Å²) < 4.78 is 5.25. The van der Waals surface area contributed by atoms with Crippen molar-refractivity contribution in [2.45, 2.75) is 47.5 Å². The van der Waals surface area contributed by atoms with E-state index in [0.717, 1.165) is 43.6 Å². The van der Waals surface area contributed by atoms with Crippen LogP contribution in [0.4, 0.5) is 0 Å². The smallest absolute Gasteiger partial charge is 0.333 e. The van der Waals surface area contributed by atoms with Gasteiger partial charge >= 0.3 is 5.97 Å². The molecule has 0 N–H and O–H groups in total. The largest absolute Gasteiger partial charge is 0.461 e. The summed E-state index contributed by atoms with van der Waals surface area (Å²) in [6.45, 7) is 13.5. The molecule has 0 rings (SSSR count). The Morgan fingerprint density at radius 1 is 1.00 bits per heavy atom. The van der Waals surface area contributed by atoms with E-state index >= 15 is 0 Å². The predicted molar refractivity (Wildman–Crippen MR) is 72.0 cm³/mol. The van der Waals surface area contributed by atoms with Crippen molar-refractivity contribution in [3.05, 3.63) is 11.1 Å². The van der Waals surface area contributed by atoms with Crippen LogP contribution < -0.4 is 0 Å². The molecule has 0 saturated carbocycles. The maximum atomic E-state index is 11.6. The van der Waals surface area contributed by atoms with Gasteiger partial charge in [-0.3, -0.25) is 4.90 Å². The molecule has 0 aliphatic carbocycles. The van der Waals surface area contributed by atoms with E-state index in [0.29, 0.717) is 6.61 Å². The zero-order valence-corrected chi connectivity index (χ0v) is 12.0. The Kier molecular flexibility index (Phi) is 8.78. The number of esters is 1. The highest BCUT2D eigenvalue weighted by Gasteiger charge is 2.08. The molecule has 0 spiro atoms. The van der Waals surface area contributed by atoms with E-state index in [2.05, 4.69) is 18.7 Å². The number of nitrogens with zero attached hydrogens (tertiary/aromatic N) is 1. The SMILES string of the molecule is CCCN(CCC)CCOC(=O)C(C)=C(C)C. The van der Waals surface area contributed by atoms with Gasteiger partial charge in [0, 0.05) is 12.1 Å². The lowest BCUT2D eigenvalue weighted by Crippen LogP contribution is -2.30. The number of hydrogen-bond donors (Lipinski definition) is 0. The Hall–Kier alpha value is -0.830. The Labute approximate surface area is 106 Å². The number of ether oxygens (including phenoxy) is 1. The Morgan fingerprint density at radius 2 is 1.53 bits per heavy atom. The summed E-state index contributed by atoms with van der Waals surface area (Å²) in [7, 11) is 0. The zero-order valence-electron chi connectivity index (χ0n) is 12.0. The highest BCUT2D eigenvalue weighted by atomic mass is 16.5. The van der Waals surface area contributed by atoms with Crippen molar-refractivity contribution in [1.29, 1.82) is 0 Å². The van der Waals surface area contributed by atoms with Gasteiger partial charge in [-0.05, 0) is 46.7 Å². The average molecular weight is 241 g/mol. The lowest BCUT2D eigenvalue weighted by atomic mass is 10.2. The predicted octanol–water partition coefficient (Wildman–Crippen LogP) is 3.01. The van der Waals surface area contributed by atoms with E-state index in [4.69, 9.17) is 4.74 Å². The van der Waals surface area contributed by atoms with Crippen LogP contribution in [0.15, 0.2) is 11.1 Å². The van der Waals surface area contributed by atoms with Gasteiger partial charge in [0.2, 0.25) is 0 Å². The molecule has 0 aromatic carbocycles. The first kappa shape index (κ1) is 16.2. The van der Waals surface area contributed by atoms with E-state index in [-0.39, 0.29) is 5.97 Å². The number of carbonyl (C=O) groups is 1. The Balaban J connectivity index is 3.96. The molecule has 0 fully saturated rings. The second-order valence-electron chi connectivity index (χ2n) is 4.60. The van der Waals surface area contributed by atoms with Gasteiger partial charge in [-0.15, -0.1) is 0 Å². The summed E-state index contributed by atoms with van der Waals surface area (Å²) >= 11 is 0. The zero-order chi connectivity index (χ0) is 13.3. The van der Waals surface area contributed by atoms with Crippen LogP contribution in [0.3, 0.4) is 0 Å². The van der Waals surface area contributed by atoms with E-state index in [9.17, 15) is 4.79 Å². The van der Waals surface area contributed by atoms with Crippen LogP contribution in [0.1, 0.15) is 47.5 Å². The van der Waals surface area contributed by atoms with Crippen molar-refractivity contribution in [3.63, 3.8) is 0 Å². The number of rotatable bonds is 8. The first-order valence-electron chi connectivity index (χ1n) is 6.56. The van der Waals surface area contributed by atoms with Crippen LogP contribution in [0.2, 0.25) is 0 Å². The van der Waals surface area contributed by atoms with Crippen LogP contribution in [-0.4, -0.2) is 37.1 Å². The third-order valence-corrected chi connectivity index (χ3v) is 2.78. The van der Waals surface area contributed by atoms with Crippen LogP contribution in [0, 0.1) is 0 Å². The summed E-state index contributed by atoms with van der Waals surface area (Å²) in [6.07, 6.45) is 2.28. The van der Waals surface area contributed by atoms with Crippen molar-refractivity contribution in [1.82, 2.24) is 4.90 Å². The molecule has 0 aliphatic rings. The fraction of sp³-hybridized carbons (Fsp3) is 0.786. The van der Waals surface area contributed by atoms with Gasteiger partial charge in [-0.25, -0.2) is 4.79 Å². The summed E-state index contributed by atoms with van der Waals surface area (Å²) in [5.74, 6) is -0.182. The molecule has 17 heavy (non-hydrogen) atoms. The third-order valence-electron chi connectivity index (χ3n) is 2.78. The van der Waals surface area contributed by atoms with Crippen LogP contribution in [-0.2, 0) is 9.53 Å². The summed E-state index contributed by atoms with van der Waals surface area (Å²) in [4.78, 5) is 13.9. The maximum absolute atomic E-state index is 11.6. The molecule has 0 atom stereocenters. The van der Waals surface area contributed by atoms with Gasteiger partial charge < -0.3 is 4.74 Å². The molecular formula is C14H27NO2. The second-order valence-corrected chi connectivity index (χ2v) is 4.60. The third kappa shape index (κ3) is 7.16. The van der Waals surface area contributed by atoms with Gasteiger partial charge in [-0.2, -0.15) is 0 Å². The molecule has 3 nitrogen and oxygen atoms in total. The molecule has 0 amide bonds. The van der Waals surface area contributed by atoms with Crippen molar-refractivity contribution in [2.24, 2.45) is 0 Å². The quantitative estimate of drug-likeness (QED) is 0.483. The number of carbonyl (C=O) groups excluding carboxylic acids is 1. The topological polar surface area (TPSA) is 29.5 Å². The Bertz CT molecular complexity index is 249. The van der Waals surface area contributed by atoms with Crippen molar-refractivity contribution < 1.29 is 9.53 Å². The van der Waals surface area contributed by atoms with E-state index < -0.39 is 0 Å². The second kappa shape index (κ2) is 9.23. The standard InChI is InChI=1S/C14H27NO2/c1-6-8-15(9-7-2)10-11-17-14(16)13(5)12(3)4/h6-11H2,1-5H3. The highest BCUT2D eigenvalue weighted by Crippen LogP contribution is 2.04. The number of hydrogen-bond acceptors (Lipinski definition) is 3. The minimum atomic E-state index is -0.182. The normalized spacial score (nSPS) is 10.5. The van der Waals surface area contributed by atoms with Gasteiger partial charge in [0.05, 0.1) is 0 Å². The van der Waals surface area contributed by atoms with E-state index in [1.807, 2.05) is 20.8 Å². The fourth-order valence-corrected chi connectivity index (χ4v) is 1.55. The lowest BCUT2D eigenvalue weighted by Gasteiger charge is -2.20. The molecule has 0 radical (unpaired) electrons. The van der Waals surface area contributed by atoms with Gasteiger partial charge in [0.25, 0.3) is 0 Å². The first-order valence-corrected chi connectivity index (χ1v) is 6.56. The summed E-state index contributed by atoms with van der Waals surface area (Å²) in [5, 5.41) is 0. The fourth-order valence-electron chi connectivity index (χ4n) is 1.55. The number of allylic oxidation sites excluding steroid dienone is 1. The molecule has 0 aromatic heterocycles. The molecule has 0 aromatic rings.